The molecule has 1 saturated carbocycles. The second kappa shape index (κ2) is 4.15. The highest BCUT2D eigenvalue weighted by Crippen LogP contribution is 2.55. The smallest absolute Gasteiger partial charge is 0.140 e. The van der Waals surface area contributed by atoms with Gasteiger partial charge in [0, 0.05) is 31.0 Å². The lowest BCUT2D eigenvalue weighted by atomic mass is 9.57. The van der Waals surface area contributed by atoms with Gasteiger partial charge in [0.05, 0.1) is 11.5 Å². The number of fused-ring (bicyclic) bond motifs is 2. The maximum atomic E-state index is 5.90. The first-order valence-corrected chi connectivity index (χ1v) is 8.01. The van der Waals surface area contributed by atoms with E-state index in [1.165, 1.54) is 6.42 Å². The normalized spacial score (nSPS) is 31.1. The molecule has 3 atom stereocenters. The van der Waals surface area contributed by atoms with Gasteiger partial charge in [-0.1, -0.05) is 13.8 Å². The average molecular weight is 289 g/mol. The van der Waals surface area contributed by atoms with Crippen LogP contribution in [0, 0.1) is 11.3 Å². The Kier molecular flexibility index (Phi) is 2.60. The highest BCUT2D eigenvalue weighted by atomic mass is 32.1. The quantitative estimate of drug-likeness (QED) is 0.852. The second-order valence-electron chi connectivity index (χ2n) is 6.46. The van der Waals surface area contributed by atoms with Crippen LogP contribution in [-0.4, -0.2) is 35.8 Å². The van der Waals surface area contributed by atoms with E-state index in [2.05, 4.69) is 47.2 Å². The summed E-state index contributed by atoms with van der Waals surface area (Å²) in [6.45, 7) is 5.53. The monoisotopic (exact) mass is 289 g/mol. The summed E-state index contributed by atoms with van der Waals surface area (Å²) < 4.78 is 5.90. The van der Waals surface area contributed by atoms with Crippen molar-refractivity contribution in [2.24, 2.45) is 11.3 Å². The fourth-order valence-electron chi connectivity index (χ4n) is 4.27. The van der Waals surface area contributed by atoms with Crippen molar-refractivity contribution < 1.29 is 4.74 Å². The number of thiophene rings is 1. The van der Waals surface area contributed by atoms with Crippen molar-refractivity contribution in [3.8, 4) is 0 Å². The minimum atomic E-state index is 0.184. The fraction of sp³-hybridized carbons (Fsp3) is 0.600. The minimum Gasteiger partial charge on any atom is -0.377 e. The summed E-state index contributed by atoms with van der Waals surface area (Å²) in [6.07, 6.45) is 3.26. The molecule has 2 aliphatic rings. The molecule has 0 amide bonds. The van der Waals surface area contributed by atoms with Gasteiger partial charge < -0.3 is 9.64 Å². The van der Waals surface area contributed by atoms with Gasteiger partial charge in [-0.15, -0.1) is 11.3 Å². The van der Waals surface area contributed by atoms with Gasteiger partial charge in [-0.25, -0.2) is 9.97 Å². The molecule has 0 spiro atoms. The number of aromatic nitrogens is 2. The lowest BCUT2D eigenvalue weighted by Crippen LogP contribution is -2.66. The van der Waals surface area contributed by atoms with Gasteiger partial charge in [-0.2, -0.15) is 0 Å². The third-order valence-corrected chi connectivity index (χ3v) is 5.85. The Labute approximate surface area is 122 Å². The predicted molar refractivity (Wildman–Crippen MR) is 81.2 cm³/mol. The first-order valence-electron chi connectivity index (χ1n) is 7.13. The number of ether oxygens (including phenoxy) is 1. The molecule has 1 aliphatic carbocycles. The van der Waals surface area contributed by atoms with Crippen LogP contribution in [-0.2, 0) is 4.74 Å². The van der Waals surface area contributed by atoms with E-state index in [4.69, 9.17) is 4.74 Å². The lowest BCUT2D eigenvalue weighted by molar-refractivity contribution is -0.101. The van der Waals surface area contributed by atoms with Crippen LogP contribution >= 0.6 is 11.3 Å². The molecule has 20 heavy (non-hydrogen) atoms. The molecule has 3 unspecified atom stereocenters. The number of rotatable bonds is 2. The highest BCUT2D eigenvalue weighted by Gasteiger charge is 2.61. The first-order chi connectivity index (χ1) is 9.60. The standard InChI is InChI=1S/C15H19N3OS/c1-15(2)11(9-4-6-19-12(9)15)18(3)13-10-5-7-20-14(10)17-8-16-13/h5,7-9,11-12H,4,6H2,1-3H3. The average Bonchev–Trinajstić information content (AvgIpc) is 3.04. The molecule has 3 heterocycles. The van der Waals surface area contributed by atoms with Crippen LogP contribution in [0.5, 0.6) is 0 Å². The molecule has 0 N–H and O–H groups in total. The van der Waals surface area contributed by atoms with Gasteiger partial charge >= 0.3 is 0 Å². The Balaban J connectivity index is 1.74. The SMILES string of the molecule is CN(c1ncnc2sccc12)C1C2CCOC2C1(C)C. The van der Waals surface area contributed by atoms with Crippen molar-refractivity contribution in [1.29, 1.82) is 0 Å². The van der Waals surface area contributed by atoms with Crippen LogP contribution in [0.25, 0.3) is 10.2 Å². The predicted octanol–water partition coefficient (Wildman–Crippen LogP) is 2.94. The van der Waals surface area contributed by atoms with E-state index >= 15 is 0 Å². The molecule has 0 radical (unpaired) electrons. The molecule has 0 bridgehead atoms. The summed E-state index contributed by atoms with van der Waals surface area (Å²) in [7, 11) is 2.17. The maximum Gasteiger partial charge on any atom is 0.140 e. The molecule has 2 fully saturated rings. The van der Waals surface area contributed by atoms with Crippen LogP contribution in [0.2, 0.25) is 0 Å². The number of hydrogen-bond acceptors (Lipinski definition) is 5. The molecular formula is C15H19N3OS. The number of nitrogens with zero attached hydrogens (tertiary/aromatic N) is 3. The van der Waals surface area contributed by atoms with Crippen molar-refractivity contribution in [3.05, 3.63) is 17.8 Å². The Morgan fingerprint density at radius 3 is 3.10 bits per heavy atom. The first kappa shape index (κ1) is 12.5. The highest BCUT2D eigenvalue weighted by molar-refractivity contribution is 7.16. The Morgan fingerprint density at radius 1 is 1.40 bits per heavy atom. The van der Waals surface area contributed by atoms with Crippen LogP contribution in [0.15, 0.2) is 17.8 Å². The van der Waals surface area contributed by atoms with Gasteiger partial charge in [0.2, 0.25) is 0 Å². The Morgan fingerprint density at radius 2 is 2.25 bits per heavy atom. The fourth-order valence-corrected chi connectivity index (χ4v) is 5.00. The van der Waals surface area contributed by atoms with Gasteiger partial charge in [-0.05, 0) is 17.9 Å². The zero-order valence-corrected chi connectivity index (χ0v) is 12.9. The third kappa shape index (κ3) is 1.50. The molecule has 1 aliphatic heterocycles. The van der Waals surface area contributed by atoms with Crippen molar-refractivity contribution >= 4 is 27.4 Å². The molecular weight excluding hydrogens is 270 g/mol. The molecule has 1 saturated heterocycles. The van der Waals surface area contributed by atoms with E-state index < -0.39 is 0 Å². The maximum absolute atomic E-state index is 5.90. The van der Waals surface area contributed by atoms with Crippen LogP contribution in [0.4, 0.5) is 5.82 Å². The summed E-state index contributed by atoms with van der Waals surface area (Å²) in [4.78, 5) is 12.3. The zero-order valence-electron chi connectivity index (χ0n) is 12.0. The third-order valence-electron chi connectivity index (χ3n) is 5.03. The zero-order chi connectivity index (χ0) is 13.9. The van der Waals surface area contributed by atoms with Crippen molar-refractivity contribution in [1.82, 2.24) is 9.97 Å². The molecule has 4 nitrogen and oxygen atoms in total. The van der Waals surface area contributed by atoms with Crippen LogP contribution < -0.4 is 4.90 Å². The molecule has 5 heteroatoms. The topological polar surface area (TPSA) is 38.2 Å². The number of hydrogen-bond donors (Lipinski definition) is 0. The van der Waals surface area contributed by atoms with Crippen molar-refractivity contribution in [3.63, 3.8) is 0 Å². The Bertz CT molecular complexity index is 653. The van der Waals surface area contributed by atoms with E-state index in [-0.39, 0.29) is 5.41 Å². The summed E-state index contributed by atoms with van der Waals surface area (Å²) in [6, 6.07) is 2.62. The summed E-state index contributed by atoms with van der Waals surface area (Å²) in [5.74, 6) is 1.69. The lowest BCUT2D eigenvalue weighted by Gasteiger charge is -2.58. The number of anilines is 1. The molecule has 106 valence electrons. The van der Waals surface area contributed by atoms with Gasteiger partial charge in [0.25, 0.3) is 0 Å². The molecule has 2 aromatic rings. The van der Waals surface area contributed by atoms with E-state index in [0.29, 0.717) is 18.1 Å². The van der Waals surface area contributed by atoms with Gasteiger partial charge in [-0.3, -0.25) is 0 Å². The van der Waals surface area contributed by atoms with Gasteiger partial charge in [0.15, 0.2) is 0 Å². The van der Waals surface area contributed by atoms with Crippen LogP contribution in [0.1, 0.15) is 20.3 Å². The Hall–Kier alpha value is -1.20. The summed E-state index contributed by atoms with van der Waals surface area (Å²) in [5, 5.41) is 3.25. The second-order valence-corrected chi connectivity index (χ2v) is 7.35. The largest absolute Gasteiger partial charge is 0.377 e. The van der Waals surface area contributed by atoms with E-state index in [1.807, 2.05) is 0 Å². The van der Waals surface area contributed by atoms with E-state index in [9.17, 15) is 0 Å². The van der Waals surface area contributed by atoms with Crippen molar-refractivity contribution in [2.45, 2.75) is 32.4 Å². The van der Waals surface area contributed by atoms with E-state index in [1.54, 1.807) is 17.7 Å². The molecule has 2 aromatic heterocycles. The van der Waals surface area contributed by atoms with Crippen molar-refractivity contribution in [2.75, 3.05) is 18.6 Å². The summed E-state index contributed by atoms with van der Waals surface area (Å²) >= 11 is 1.67. The minimum absolute atomic E-state index is 0.184. The summed E-state index contributed by atoms with van der Waals surface area (Å²) in [5.41, 5.74) is 0.184. The molecule has 4 rings (SSSR count). The van der Waals surface area contributed by atoms with Gasteiger partial charge in [0.1, 0.15) is 17.0 Å². The van der Waals surface area contributed by atoms with E-state index in [0.717, 1.165) is 22.6 Å². The molecule has 0 aromatic carbocycles. The van der Waals surface area contributed by atoms with Crippen LogP contribution in [0.3, 0.4) is 0 Å².